The summed E-state index contributed by atoms with van der Waals surface area (Å²) in [7, 11) is 0. The van der Waals surface area contributed by atoms with Gasteiger partial charge in [-0.05, 0) is 17.0 Å². The van der Waals surface area contributed by atoms with E-state index in [-0.39, 0.29) is 16.7 Å². The molecule has 0 saturated carbocycles. The number of benzene rings is 1. The number of carbonyl (C=O) groups excluding carboxylic acids is 1. The number of hydrogen-bond acceptors (Lipinski definition) is 6. The summed E-state index contributed by atoms with van der Waals surface area (Å²) in [5.74, 6) is 0.0195. The van der Waals surface area contributed by atoms with Gasteiger partial charge in [0.05, 0.1) is 12.0 Å². The van der Waals surface area contributed by atoms with Crippen molar-refractivity contribution in [2.24, 2.45) is 5.10 Å². The average Bonchev–Trinajstić information content (AvgIpc) is 2.54. The van der Waals surface area contributed by atoms with Gasteiger partial charge in [-0.1, -0.05) is 49.9 Å². The van der Waals surface area contributed by atoms with Crippen molar-refractivity contribution < 1.29 is 4.79 Å². The summed E-state index contributed by atoms with van der Waals surface area (Å²) in [6.45, 7) is 4.23. The molecule has 24 heavy (non-hydrogen) atoms. The van der Waals surface area contributed by atoms with Gasteiger partial charge in [-0.2, -0.15) is 10.2 Å². The smallest absolute Gasteiger partial charge is 0.272 e. The summed E-state index contributed by atoms with van der Waals surface area (Å²) in [6, 6.07) is 7.86. The normalized spacial score (nSPS) is 11.1. The van der Waals surface area contributed by atoms with Crippen molar-refractivity contribution in [3.63, 3.8) is 0 Å². The molecule has 2 rings (SSSR count). The number of H-pyrrole nitrogens is 2. The lowest BCUT2D eigenvalue weighted by atomic mass is 10.0. The second kappa shape index (κ2) is 8.25. The maximum Gasteiger partial charge on any atom is 0.342 e. The minimum absolute atomic E-state index is 0.0120. The van der Waals surface area contributed by atoms with Gasteiger partial charge in [0.1, 0.15) is 0 Å². The Labute approximate surface area is 141 Å². The number of amides is 1. The van der Waals surface area contributed by atoms with Crippen LogP contribution in [0.1, 0.15) is 30.9 Å². The molecule has 0 atom stereocenters. The molecule has 1 heterocycles. The largest absolute Gasteiger partial charge is 0.342 e. The molecule has 0 saturated heterocycles. The molecule has 0 aliphatic heterocycles. The number of nitrogens with one attached hydrogen (secondary N) is 3. The van der Waals surface area contributed by atoms with E-state index in [4.69, 9.17) is 0 Å². The lowest BCUT2D eigenvalue weighted by Gasteiger charge is -2.04. The van der Waals surface area contributed by atoms with E-state index in [0.717, 1.165) is 17.3 Å². The molecule has 8 nitrogen and oxygen atoms in total. The lowest BCUT2D eigenvalue weighted by Crippen LogP contribution is -2.26. The Hall–Kier alpha value is -2.68. The van der Waals surface area contributed by atoms with Crippen molar-refractivity contribution in [2.45, 2.75) is 24.8 Å². The Morgan fingerprint density at radius 3 is 2.67 bits per heavy atom. The molecule has 2 aromatic rings. The van der Waals surface area contributed by atoms with Crippen LogP contribution in [0.15, 0.2) is 44.0 Å². The van der Waals surface area contributed by atoms with E-state index in [1.54, 1.807) is 0 Å². The minimum Gasteiger partial charge on any atom is -0.272 e. The maximum atomic E-state index is 11.7. The Kier molecular flexibility index (Phi) is 6.07. The van der Waals surface area contributed by atoms with Gasteiger partial charge in [-0.25, -0.2) is 15.3 Å². The van der Waals surface area contributed by atoms with Gasteiger partial charge >= 0.3 is 5.69 Å². The Balaban J connectivity index is 1.84. The zero-order chi connectivity index (χ0) is 17.5. The predicted molar refractivity (Wildman–Crippen MR) is 92.5 cm³/mol. The van der Waals surface area contributed by atoms with E-state index in [9.17, 15) is 14.4 Å². The van der Waals surface area contributed by atoms with Crippen LogP contribution in [0.3, 0.4) is 0 Å². The second-order valence-corrected chi connectivity index (χ2v) is 6.18. The van der Waals surface area contributed by atoms with Gasteiger partial charge in [0.15, 0.2) is 5.03 Å². The Morgan fingerprint density at radius 2 is 2.04 bits per heavy atom. The number of carbonyl (C=O) groups is 1. The van der Waals surface area contributed by atoms with Gasteiger partial charge in [0.25, 0.3) is 5.56 Å². The zero-order valence-corrected chi connectivity index (χ0v) is 14.0. The van der Waals surface area contributed by atoms with E-state index >= 15 is 0 Å². The molecule has 0 radical (unpaired) electrons. The van der Waals surface area contributed by atoms with Crippen LogP contribution >= 0.6 is 11.8 Å². The highest BCUT2D eigenvalue weighted by atomic mass is 32.2. The fourth-order valence-corrected chi connectivity index (χ4v) is 2.37. The first-order chi connectivity index (χ1) is 11.5. The summed E-state index contributed by atoms with van der Waals surface area (Å²) in [4.78, 5) is 35.9. The van der Waals surface area contributed by atoms with Gasteiger partial charge in [0, 0.05) is 0 Å². The second-order valence-electron chi connectivity index (χ2n) is 5.22. The molecule has 0 unspecified atom stereocenters. The van der Waals surface area contributed by atoms with Crippen LogP contribution in [0.2, 0.25) is 0 Å². The number of aromatic amines is 2. The molecule has 0 bridgehead atoms. The zero-order valence-electron chi connectivity index (χ0n) is 13.2. The van der Waals surface area contributed by atoms with E-state index < -0.39 is 11.2 Å². The molecular formula is C15H17N5O3S. The molecule has 0 aliphatic carbocycles. The molecule has 3 N–H and O–H groups in total. The molecule has 9 heteroatoms. The standard InChI is InChI=1S/C15H17N5O3S/c1-9(2)11-5-3-10(4-6-11)7-16-18-12(21)8-24-14-13(22)17-15(23)20-19-14/h3-7,9H,8H2,1-2H3,(H,18,21)(H2,17,20,22,23)/b16-7+. The summed E-state index contributed by atoms with van der Waals surface area (Å²) in [5.41, 5.74) is 3.14. The molecule has 0 fully saturated rings. The lowest BCUT2D eigenvalue weighted by molar-refractivity contribution is -0.118. The Bertz CT molecular complexity index is 839. The summed E-state index contributed by atoms with van der Waals surface area (Å²) >= 11 is 0.904. The molecule has 126 valence electrons. The monoisotopic (exact) mass is 347 g/mol. The minimum atomic E-state index is -0.693. The molecule has 0 aliphatic rings. The van der Waals surface area contributed by atoms with Gasteiger partial charge < -0.3 is 0 Å². The van der Waals surface area contributed by atoms with E-state index in [1.165, 1.54) is 11.8 Å². The van der Waals surface area contributed by atoms with Crippen molar-refractivity contribution >= 4 is 23.9 Å². The highest BCUT2D eigenvalue weighted by Crippen LogP contribution is 2.13. The van der Waals surface area contributed by atoms with Crippen LogP contribution in [0, 0.1) is 0 Å². The number of hydrazone groups is 1. The average molecular weight is 347 g/mol. The van der Waals surface area contributed by atoms with Crippen LogP contribution < -0.4 is 16.7 Å². The van der Waals surface area contributed by atoms with Crippen molar-refractivity contribution in [3.05, 3.63) is 56.2 Å². The SMILES string of the molecule is CC(C)c1ccc(/C=N/NC(=O)CSc2n[nH]c(=O)[nH]c2=O)cc1. The highest BCUT2D eigenvalue weighted by molar-refractivity contribution is 7.99. The number of nitrogens with zero attached hydrogens (tertiary/aromatic N) is 2. The molecular weight excluding hydrogens is 330 g/mol. The van der Waals surface area contributed by atoms with Crippen molar-refractivity contribution in [2.75, 3.05) is 5.75 Å². The topological polar surface area (TPSA) is 120 Å². The van der Waals surface area contributed by atoms with Crippen LogP contribution in [0.4, 0.5) is 0 Å². The van der Waals surface area contributed by atoms with Crippen molar-refractivity contribution in [1.82, 2.24) is 20.6 Å². The quantitative estimate of drug-likeness (QED) is 0.406. The first kappa shape index (κ1) is 17.7. The fourth-order valence-electron chi connectivity index (χ4n) is 1.75. The van der Waals surface area contributed by atoms with Crippen LogP contribution in [0.5, 0.6) is 0 Å². The maximum absolute atomic E-state index is 11.7. The third kappa shape index (κ3) is 5.20. The van der Waals surface area contributed by atoms with E-state index in [2.05, 4.69) is 34.6 Å². The first-order valence-corrected chi connectivity index (χ1v) is 8.18. The van der Waals surface area contributed by atoms with Gasteiger partial charge in [-0.3, -0.25) is 14.6 Å². The Morgan fingerprint density at radius 1 is 1.33 bits per heavy atom. The van der Waals surface area contributed by atoms with Crippen molar-refractivity contribution in [3.8, 4) is 0 Å². The molecule has 0 spiro atoms. The van der Waals surface area contributed by atoms with Crippen LogP contribution in [-0.4, -0.2) is 33.1 Å². The summed E-state index contributed by atoms with van der Waals surface area (Å²) in [6.07, 6.45) is 1.54. The van der Waals surface area contributed by atoms with Crippen LogP contribution in [0.25, 0.3) is 0 Å². The highest BCUT2D eigenvalue weighted by Gasteiger charge is 2.07. The summed E-state index contributed by atoms with van der Waals surface area (Å²) < 4.78 is 0. The van der Waals surface area contributed by atoms with E-state index in [0.29, 0.717) is 5.92 Å². The number of aromatic nitrogens is 3. The van der Waals surface area contributed by atoms with Gasteiger partial charge in [0.2, 0.25) is 5.91 Å². The van der Waals surface area contributed by atoms with Crippen molar-refractivity contribution in [1.29, 1.82) is 0 Å². The van der Waals surface area contributed by atoms with E-state index in [1.807, 2.05) is 29.2 Å². The van der Waals surface area contributed by atoms with Gasteiger partial charge in [-0.15, -0.1) is 0 Å². The molecule has 1 amide bonds. The fraction of sp³-hybridized carbons (Fsp3) is 0.267. The number of rotatable bonds is 6. The third-order valence-electron chi connectivity index (χ3n) is 3.03. The molecule has 1 aromatic carbocycles. The summed E-state index contributed by atoms with van der Waals surface area (Å²) in [5, 5.41) is 9.54. The number of hydrogen-bond donors (Lipinski definition) is 3. The first-order valence-electron chi connectivity index (χ1n) is 7.19. The number of thioether (sulfide) groups is 1. The molecule has 1 aromatic heterocycles. The van der Waals surface area contributed by atoms with Crippen LogP contribution in [-0.2, 0) is 4.79 Å². The third-order valence-corrected chi connectivity index (χ3v) is 3.98. The predicted octanol–water partition coefficient (Wildman–Crippen LogP) is 0.824.